The quantitative estimate of drug-likeness (QED) is 0.863. The van der Waals surface area contributed by atoms with Crippen LogP contribution in [0, 0.1) is 0 Å². The minimum atomic E-state index is 0. The minimum Gasteiger partial charge on any atom is -0.486 e. The molecule has 1 aromatic carbocycles. The Morgan fingerprint density at radius 3 is 2.40 bits per heavy atom. The van der Waals surface area contributed by atoms with Gasteiger partial charge in [0.05, 0.1) is 0 Å². The van der Waals surface area contributed by atoms with Gasteiger partial charge in [0, 0.05) is 12.6 Å². The first-order chi connectivity index (χ1) is 9.42. The number of ether oxygens (including phenoxy) is 2. The Morgan fingerprint density at radius 2 is 1.65 bits per heavy atom. The van der Waals surface area contributed by atoms with Crippen LogP contribution in [0.25, 0.3) is 0 Å². The number of hydrogen-bond acceptors (Lipinski definition) is 3. The van der Waals surface area contributed by atoms with E-state index in [1.54, 1.807) is 0 Å². The largest absolute Gasteiger partial charge is 0.486 e. The first-order valence-corrected chi connectivity index (χ1v) is 7.54. The second-order valence-electron chi connectivity index (χ2n) is 5.55. The van der Waals surface area contributed by atoms with Crippen LogP contribution >= 0.6 is 12.4 Å². The third-order valence-electron chi connectivity index (χ3n) is 4.06. The molecule has 1 aliphatic heterocycles. The summed E-state index contributed by atoms with van der Waals surface area (Å²) in [6.07, 6.45) is 8.21. The Balaban J connectivity index is 0.00000147. The lowest BCUT2D eigenvalue weighted by Crippen LogP contribution is -2.27. The van der Waals surface area contributed by atoms with Gasteiger partial charge in [0.1, 0.15) is 13.2 Å². The van der Waals surface area contributed by atoms with Crippen molar-refractivity contribution in [1.82, 2.24) is 5.32 Å². The number of fused-ring (bicyclic) bond motifs is 1. The highest BCUT2D eigenvalue weighted by molar-refractivity contribution is 5.85. The van der Waals surface area contributed by atoms with Crippen molar-refractivity contribution >= 4 is 12.4 Å². The molecule has 3 nitrogen and oxygen atoms in total. The van der Waals surface area contributed by atoms with Crippen LogP contribution in [-0.4, -0.2) is 19.3 Å². The summed E-state index contributed by atoms with van der Waals surface area (Å²) in [4.78, 5) is 0. The highest BCUT2D eigenvalue weighted by atomic mass is 35.5. The van der Waals surface area contributed by atoms with Gasteiger partial charge in [-0.25, -0.2) is 0 Å². The molecule has 1 heterocycles. The van der Waals surface area contributed by atoms with Crippen LogP contribution in [0.2, 0.25) is 0 Å². The summed E-state index contributed by atoms with van der Waals surface area (Å²) in [5.41, 5.74) is 1.29. The van der Waals surface area contributed by atoms with E-state index in [2.05, 4.69) is 17.4 Å². The summed E-state index contributed by atoms with van der Waals surface area (Å²) in [7, 11) is 0. The lowest BCUT2D eigenvalue weighted by atomic mass is 10.1. The molecule has 3 rings (SSSR count). The lowest BCUT2D eigenvalue weighted by Gasteiger charge is -2.20. The second kappa shape index (κ2) is 7.75. The smallest absolute Gasteiger partial charge is 0.161 e. The van der Waals surface area contributed by atoms with Crippen molar-refractivity contribution in [3.63, 3.8) is 0 Å². The zero-order valence-corrected chi connectivity index (χ0v) is 12.7. The van der Waals surface area contributed by atoms with Crippen molar-refractivity contribution in [2.24, 2.45) is 0 Å². The number of halogens is 1. The van der Waals surface area contributed by atoms with Crippen LogP contribution in [0.3, 0.4) is 0 Å². The molecule has 0 spiro atoms. The van der Waals surface area contributed by atoms with E-state index in [0.29, 0.717) is 19.3 Å². The molecule has 20 heavy (non-hydrogen) atoms. The van der Waals surface area contributed by atoms with Gasteiger partial charge in [-0.3, -0.25) is 0 Å². The molecular formula is C16H24ClNO2. The Bertz CT molecular complexity index is 417. The van der Waals surface area contributed by atoms with E-state index in [0.717, 1.165) is 18.0 Å². The highest BCUT2D eigenvalue weighted by Crippen LogP contribution is 2.30. The van der Waals surface area contributed by atoms with Crippen LogP contribution < -0.4 is 14.8 Å². The van der Waals surface area contributed by atoms with Crippen molar-refractivity contribution in [2.75, 3.05) is 13.2 Å². The number of hydrogen-bond donors (Lipinski definition) is 1. The van der Waals surface area contributed by atoms with Crippen molar-refractivity contribution in [3.8, 4) is 11.5 Å². The first kappa shape index (κ1) is 15.5. The first-order valence-electron chi connectivity index (χ1n) is 7.54. The molecule has 0 radical (unpaired) electrons. The summed E-state index contributed by atoms with van der Waals surface area (Å²) < 4.78 is 11.2. The SMILES string of the molecule is Cl.c1cc2c(cc1CNC1CCCCCC1)OCCO2. The maximum absolute atomic E-state index is 5.62. The Hall–Kier alpha value is -0.930. The van der Waals surface area contributed by atoms with Crippen LogP contribution in [-0.2, 0) is 6.54 Å². The molecule has 1 fully saturated rings. The van der Waals surface area contributed by atoms with E-state index in [1.807, 2.05) is 6.07 Å². The normalized spacial score (nSPS) is 19.0. The van der Waals surface area contributed by atoms with Crippen LogP contribution in [0.5, 0.6) is 11.5 Å². The molecule has 1 saturated carbocycles. The van der Waals surface area contributed by atoms with Crippen LogP contribution in [0.4, 0.5) is 0 Å². The van der Waals surface area contributed by atoms with Crippen molar-refractivity contribution in [1.29, 1.82) is 0 Å². The fourth-order valence-corrected chi connectivity index (χ4v) is 2.94. The Kier molecular flexibility index (Phi) is 5.99. The number of rotatable bonds is 3. The molecule has 1 aromatic rings. The molecule has 0 unspecified atom stereocenters. The van der Waals surface area contributed by atoms with Gasteiger partial charge in [0.15, 0.2) is 11.5 Å². The van der Waals surface area contributed by atoms with E-state index < -0.39 is 0 Å². The van der Waals surface area contributed by atoms with Crippen molar-refractivity contribution in [3.05, 3.63) is 23.8 Å². The zero-order chi connectivity index (χ0) is 12.9. The summed E-state index contributed by atoms with van der Waals surface area (Å²) in [5, 5.41) is 3.69. The molecule has 0 atom stereocenters. The van der Waals surface area contributed by atoms with Crippen LogP contribution in [0.1, 0.15) is 44.1 Å². The second-order valence-corrected chi connectivity index (χ2v) is 5.55. The van der Waals surface area contributed by atoms with Crippen molar-refractivity contribution in [2.45, 2.75) is 51.1 Å². The predicted molar refractivity (Wildman–Crippen MR) is 83.0 cm³/mol. The molecule has 4 heteroatoms. The summed E-state index contributed by atoms with van der Waals surface area (Å²) in [5.74, 6) is 1.77. The zero-order valence-electron chi connectivity index (χ0n) is 11.9. The van der Waals surface area contributed by atoms with Gasteiger partial charge in [0.25, 0.3) is 0 Å². The Labute approximate surface area is 127 Å². The number of benzene rings is 1. The van der Waals surface area contributed by atoms with Crippen molar-refractivity contribution < 1.29 is 9.47 Å². The molecule has 0 bridgehead atoms. The molecule has 0 aromatic heterocycles. The molecule has 0 amide bonds. The van der Waals surface area contributed by atoms with Gasteiger partial charge in [-0.15, -0.1) is 12.4 Å². The fraction of sp³-hybridized carbons (Fsp3) is 0.625. The highest BCUT2D eigenvalue weighted by Gasteiger charge is 2.14. The summed E-state index contributed by atoms with van der Waals surface area (Å²) in [6, 6.07) is 6.96. The fourth-order valence-electron chi connectivity index (χ4n) is 2.94. The molecule has 0 saturated heterocycles. The van der Waals surface area contributed by atoms with Gasteiger partial charge in [0.2, 0.25) is 0 Å². The van der Waals surface area contributed by atoms with E-state index in [4.69, 9.17) is 9.47 Å². The van der Waals surface area contributed by atoms with Gasteiger partial charge < -0.3 is 14.8 Å². The van der Waals surface area contributed by atoms with Gasteiger partial charge in [-0.1, -0.05) is 31.7 Å². The third-order valence-corrected chi connectivity index (χ3v) is 4.06. The number of nitrogens with one attached hydrogen (secondary N) is 1. The van der Waals surface area contributed by atoms with Gasteiger partial charge in [-0.2, -0.15) is 0 Å². The van der Waals surface area contributed by atoms with Crippen LogP contribution in [0.15, 0.2) is 18.2 Å². The predicted octanol–water partition coefficient (Wildman–Crippen LogP) is 3.69. The van der Waals surface area contributed by atoms with E-state index in [1.165, 1.54) is 44.1 Å². The molecule has 2 aliphatic rings. The maximum Gasteiger partial charge on any atom is 0.161 e. The third kappa shape index (κ3) is 4.03. The van der Waals surface area contributed by atoms with E-state index >= 15 is 0 Å². The van der Waals surface area contributed by atoms with E-state index in [9.17, 15) is 0 Å². The molecule has 1 N–H and O–H groups in total. The monoisotopic (exact) mass is 297 g/mol. The molecule has 1 aliphatic carbocycles. The van der Waals surface area contributed by atoms with E-state index in [-0.39, 0.29) is 12.4 Å². The Morgan fingerprint density at radius 1 is 0.950 bits per heavy atom. The maximum atomic E-state index is 5.62. The lowest BCUT2D eigenvalue weighted by molar-refractivity contribution is 0.171. The average molecular weight is 298 g/mol. The topological polar surface area (TPSA) is 30.5 Å². The van der Waals surface area contributed by atoms with Gasteiger partial charge >= 0.3 is 0 Å². The average Bonchev–Trinajstić information content (AvgIpc) is 2.73. The molecular weight excluding hydrogens is 274 g/mol. The molecule has 112 valence electrons. The summed E-state index contributed by atoms with van der Waals surface area (Å²) >= 11 is 0. The standard InChI is InChI=1S/C16H23NO2.ClH/c1-2-4-6-14(5-3-1)17-12-13-7-8-15-16(11-13)19-10-9-18-15;/h7-8,11,14,17H,1-6,9-10,12H2;1H. The van der Waals surface area contributed by atoms with Gasteiger partial charge in [-0.05, 0) is 30.5 Å². The summed E-state index contributed by atoms with van der Waals surface area (Å²) in [6.45, 7) is 2.25. The minimum absolute atomic E-state index is 0.